The van der Waals surface area contributed by atoms with Crippen molar-refractivity contribution in [2.45, 2.75) is 0 Å². The third kappa shape index (κ3) is 4.70. The lowest BCUT2D eigenvalue weighted by Gasteiger charge is -2.11. The maximum atomic E-state index is 12.6. The minimum absolute atomic E-state index is 0.0803. The molecular weight excluding hydrogens is 396 g/mol. The zero-order valence-corrected chi connectivity index (χ0v) is 15.2. The van der Waals surface area contributed by atoms with Gasteiger partial charge in [-0.2, -0.15) is 0 Å². The van der Waals surface area contributed by atoms with Crippen LogP contribution in [0.15, 0.2) is 87.6 Å². The fourth-order valence-electron chi connectivity index (χ4n) is 2.19. The Kier molecular flexibility index (Phi) is 5.66. The van der Waals surface area contributed by atoms with Gasteiger partial charge in [-0.15, -0.1) is 0 Å². The van der Waals surface area contributed by atoms with Crippen LogP contribution in [0.3, 0.4) is 0 Å². The van der Waals surface area contributed by atoms with Crippen LogP contribution in [0.5, 0.6) is 0 Å². The van der Waals surface area contributed by atoms with Gasteiger partial charge in [0.05, 0.1) is 6.26 Å². The number of halogens is 1. The van der Waals surface area contributed by atoms with Crippen molar-refractivity contribution in [3.8, 4) is 0 Å². The Hall–Kier alpha value is -3.12. The third-order valence-corrected chi connectivity index (χ3v) is 3.99. The maximum absolute atomic E-state index is 12.6. The first kappa shape index (κ1) is 17.7. The van der Waals surface area contributed by atoms with Gasteiger partial charge >= 0.3 is 0 Å². The number of carbonyl (C=O) groups is 2. The molecule has 3 aromatic rings. The predicted molar refractivity (Wildman–Crippen MR) is 103 cm³/mol. The first-order valence-corrected chi connectivity index (χ1v) is 8.59. The Labute approximate surface area is 158 Å². The summed E-state index contributed by atoms with van der Waals surface area (Å²) in [6.07, 6.45) is 2.98. The Balaban J connectivity index is 1.82. The second-order valence-corrected chi connectivity index (χ2v) is 6.27. The van der Waals surface area contributed by atoms with Crippen molar-refractivity contribution in [2.75, 3.05) is 5.32 Å². The largest absolute Gasteiger partial charge is 0.465 e. The van der Waals surface area contributed by atoms with Gasteiger partial charge in [-0.1, -0.05) is 34.1 Å². The molecule has 1 aromatic heterocycles. The van der Waals surface area contributed by atoms with Gasteiger partial charge in [0.15, 0.2) is 0 Å². The summed E-state index contributed by atoms with van der Waals surface area (Å²) < 4.78 is 6.12. The highest BCUT2D eigenvalue weighted by molar-refractivity contribution is 9.10. The first-order chi connectivity index (χ1) is 12.6. The molecule has 0 aliphatic heterocycles. The van der Waals surface area contributed by atoms with Crippen LogP contribution in [0.2, 0.25) is 0 Å². The van der Waals surface area contributed by atoms with Crippen LogP contribution in [0.4, 0.5) is 5.69 Å². The molecule has 0 aliphatic carbocycles. The molecular formula is C20H15BrN2O3. The fourth-order valence-corrected chi connectivity index (χ4v) is 2.45. The van der Waals surface area contributed by atoms with Crippen LogP contribution in [0, 0.1) is 0 Å². The summed E-state index contributed by atoms with van der Waals surface area (Å²) in [4.78, 5) is 25.1. The van der Waals surface area contributed by atoms with Crippen LogP contribution in [0.25, 0.3) is 6.08 Å². The van der Waals surface area contributed by atoms with Gasteiger partial charge in [-0.3, -0.25) is 9.59 Å². The number of amides is 2. The molecule has 2 aromatic carbocycles. The SMILES string of the molecule is O=C(Nc1ccccc1)/C(=C\c1ccco1)NC(=O)c1ccc(Br)cc1. The van der Waals surface area contributed by atoms with E-state index < -0.39 is 11.8 Å². The number of benzene rings is 2. The second-order valence-electron chi connectivity index (χ2n) is 5.35. The molecule has 2 amide bonds. The van der Waals surface area contributed by atoms with Crippen molar-refractivity contribution < 1.29 is 14.0 Å². The number of furan rings is 1. The van der Waals surface area contributed by atoms with Gasteiger partial charge in [0.2, 0.25) is 0 Å². The van der Waals surface area contributed by atoms with E-state index >= 15 is 0 Å². The second kappa shape index (κ2) is 8.31. The quantitative estimate of drug-likeness (QED) is 0.610. The van der Waals surface area contributed by atoms with E-state index in [1.807, 2.05) is 18.2 Å². The van der Waals surface area contributed by atoms with E-state index in [0.717, 1.165) is 4.47 Å². The van der Waals surface area contributed by atoms with E-state index in [4.69, 9.17) is 4.42 Å². The van der Waals surface area contributed by atoms with Crippen LogP contribution in [0.1, 0.15) is 16.1 Å². The van der Waals surface area contributed by atoms with Crippen molar-refractivity contribution in [3.63, 3.8) is 0 Å². The fraction of sp³-hybridized carbons (Fsp3) is 0. The predicted octanol–water partition coefficient (Wildman–Crippen LogP) is 4.45. The molecule has 0 aliphatic rings. The van der Waals surface area contributed by atoms with E-state index in [1.54, 1.807) is 48.5 Å². The molecule has 0 saturated carbocycles. The average molecular weight is 411 g/mol. The number of hydrogen-bond donors (Lipinski definition) is 2. The first-order valence-electron chi connectivity index (χ1n) is 7.80. The molecule has 6 heteroatoms. The number of hydrogen-bond acceptors (Lipinski definition) is 3. The minimum atomic E-state index is -0.446. The molecule has 2 N–H and O–H groups in total. The van der Waals surface area contributed by atoms with Crippen LogP contribution in [-0.2, 0) is 4.79 Å². The van der Waals surface area contributed by atoms with E-state index in [9.17, 15) is 9.59 Å². The van der Waals surface area contributed by atoms with Gasteiger partial charge in [-0.25, -0.2) is 0 Å². The molecule has 0 fully saturated rings. The van der Waals surface area contributed by atoms with Gasteiger partial charge < -0.3 is 15.1 Å². The molecule has 26 heavy (non-hydrogen) atoms. The lowest BCUT2D eigenvalue weighted by Crippen LogP contribution is -2.30. The highest BCUT2D eigenvalue weighted by Gasteiger charge is 2.15. The van der Waals surface area contributed by atoms with Crippen LogP contribution in [-0.4, -0.2) is 11.8 Å². The smallest absolute Gasteiger partial charge is 0.272 e. The van der Waals surface area contributed by atoms with Gasteiger partial charge in [0, 0.05) is 21.8 Å². The Morgan fingerprint density at radius 1 is 0.923 bits per heavy atom. The molecule has 130 valence electrons. The van der Waals surface area contributed by atoms with E-state index in [2.05, 4.69) is 26.6 Å². The van der Waals surface area contributed by atoms with Crippen molar-refractivity contribution in [3.05, 3.63) is 94.5 Å². The summed E-state index contributed by atoms with van der Waals surface area (Å²) in [7, 11) is 0. The maximum Gasteiger partial charge on any atom is 0.272 e. The zero-order chi connectivity index (χ0) is 18.4. The van der Waals surface area contributed by atoms with Crippen LogP contribution >= 0.6 is 15.9 Å². The number of anilines is 1. The molecule has 3 rings (SSSR count). The molecule has 0 spiro atoms. The summed E-state index contributed by atoms with van der Waals surface area (Å²) in [6.45, 7) is 0. The monoisotopic (exact) mass is 410 g/mol. The number of carbonyl (C=O) groups excluding carboxylic acids is 2. The van der Waals surface area contributed by atoms with Crippen molar-refractivity contribution in [1.82, 2.24) is 5.32 Å². The normalized spacial score (nSPS) is 11.0. The molecule has 0 saturated heterocycles. The molecule has 0 unspecified atom stereocenters. The van der Waals surface area contributed by atoms with E-state index in [0.29, 0.717) is 17.0 Å². The third-order valence-electron chi connectivity index (χ3n) is 3.46. The number of nitrogens with one attached hydrogen (secondary N) is 2. The van der Waals surface area contributed by atoms with E-state index in [1.165, 1.54) is 12.3 Å². The molecule has 0 radical (unpaired) electrons. The topological polar surface area (TPSA) is 71.3 Å². The Morgan fingerprint density at radius 3 is 2.31 bits per heavy atom. The standard InChI is InChI=1S/C20H15BrN2O3/c21-15-10-8-14(9-11-15)19(24)23-18(13-17-7-4-12-26-17)20(25)22-16-5-2-1-3-6-16/h1-13H,(H,22,25)(H,23,24)/b18-13+. The Bertz CT molecular complexity index is 917. The summed E-state index contributed by atoms with van der Waals surface area (Å²) in [6, 6.07) is 19.2. The molecule has 0 bridgehead atoms. The summed E-state index contributed by atoms with van der Waals surface area (Å²) in [5.74, 6) is -0.379. The highest BCUT2D eigenvalue weighted by Crippen LogP contribution is 2.13. The lowest BCUT2D eigenvalue weighted by atomic mass is 10.2. The van der Waals surface area contributed by atoms with Gasteiger partial charge in [0.25, 0.3) is 11.8 Å². The minimum Gasteiger partial charge on any atom is -0.465 e. The average Bonchev–Trinajstić information content (AvgIpc) is 3.15. The van der Waals surface area contributed by atoms with Crippen molar-refractivity contribution in [1.29, 1.82) is 0 Å². The summed E-state index contributed by atoms with van der Waals surface area (Å²) in [5, 5.41) is 5.40. The van der Waals surface area contributed by atoms with Crippen molar-refractivity contribution in [2.24, 2.45) is 0 Å². The zero-order valence-electron chi connectivity index (χ0n) is 13.6. The number of para-hydroxylation sites is 1. The summed E-state index contributed by atoms with van der Waals surface area (Å²) in [5.41, 5.74) is 1.14. The summed E-state index contributed by atoms with van der Waals surface area (Å²) >= 11 is 3.33. The number of rotatable bonds is 5. The Morgan fingerprint density at radius 2 is 1.65 bits per heavy atom. The molecule has 5 nitrogen and oxygen atoms in total. The highest BCUT2D eigenvalue weighted by atomic mass is 79.9. The van der Waals surface area contributed by atoms with E-state index in [-0.39, 0.29) is 5.70 Å². The van der Waals surface area contributed by atoms with Crippen LogP contribution < -0.4 is 10.6 Å². The molecule has 1 heterocycles. The molecule has 0 atom stereocenters. The van der Waals surface area contributed by atoms with Crippen molar-refractivity contribution >= 4 is 39.5 Å². The van der Waals surface area contributed by atoms with Gasteiger partial charge in [-0.05, 0) is 48.5 Å². The van der Waals surface area contributed by atoms with Gasteiger partial charge in [0.1, 0.15) is 11.5 Å². The lowest BCUT2D eigenvalue weighted by molar-refractivity contribution is -0.113.